The molecule has 10 heteroatoms. The third kappa shape index (κ3) is 8.36. The molecule has 0 radical (unpaired) electrons. The highest BCUT2D eigenvalue weighted by atomic mass is 32.2. The number of anilines is 2. The quantitative estimate of drug-likeness (QED) is 0.0535. The molecule has 1 N–H and O–H groups in total. The first-order valence-electron chi connectivity index (χ1n) is 19.9. The van der Waals surface area contributed by atoms with Gasteiger partial charge in [0, 0.05) is 75.6 Å². The first-order chi connectivity index (χ1) is 26.8. The molecule has 0 aromatic heterocycles. The normalized spacial score (nSPS) is 21.1. The van der Waals surface area contributed by atoms with Gasteiger partial charge < -0.3 is 9.80 Å². The molecule has 0 unspecified atom stereocenters. The van der Waals surface area contributed by atoms with Gasteiger partial charge in [0.2, 0.25) is 5.71 Å². The zero-order chi connectivity index (χ0) is 40.1. The smallest absolute Gasteiger partial charge is 0.344 e. The molecular weight excluding hydrogens is 739 g/mol. The molecule has 3 aromatic rings. The van der Waals surface area contributed by atoms with Gasteiger partial charge in [-0.15, -0.1) is 8.31 Å². The number of allylic oxidation sites excluding steroid dienone is 8. The van der Waals surface area contributed by atoms with E-state index in [1.165, 1.54) is 44.3 Å². The van der Waals surface area contributed by atoms with Gasteiger partial charge in [0.25, 0.3) is 0 Å². The van der Waals surface area contributed by atoms with Gasteiger partial charge in [-0.1, -0.05) is 119 Å². The molecule has 0 amide bonds. The lowest BCUT2D eigenvalue weighted by molar-refractivity contribution is -0.432. The number of rotatable bonds is 15. The van der Waals surface area contributed by atoms with E-state index in [9.17, 15) is 8.42 Å². The van der Waals surface area contributed by atoms with Crippen LogP contribution in [0.2, 0.25) is 0 Å². The predicted molar refractivity (Wildman–Crippen MR) is 231 cm³/mol. The van der Waals surface area contributed by atoms with E-state index in [0.717, 1.165) is 86.1 Å². The Morgan fingerprint density at radius 3 is 1.75 bits per heavy atom. The maximum absolute atomic E-state index is 14.4. The van der Waals surface area contributed by atoms with E-state index < -0.39 is 10.0 Å². The van der Waals surface area contributed by atoms with E-state index >= 15 is 0 Å². The zero-order valence-corrected chi connectivity index (χ0v) is 35.7. The average molecular weight is 797 g/mol. The van der Waals surface area contributed by atoms with E-state index in [0.29, 0.717) is 5.75 Å². The Hall–Kier alpha value is -3.93. The van der Waals surface area contributed by atoms with E-state index in [1.807, 2.05) is 19.1 Å². The number of fused-ring (bicyclic) bond motifs is 2. The largest absolute Gasteiger partial charge is 0.395 e. The van der Waals surface area contributed by atoms with Crippen molar-refractivity contribution >= 4 is 39.2 Å². The minimum absolute atomic E-state index is 0.202. The minimum Gasteiger partial charge on any atom is -0.344 e. The summed E-state index contributed by atoms with van der Waals surface area (Å²) in [6.45, 7) is 15.1. The standard InChI is InChI=1S/C46H57N3O5S2/c1-8-9-14-31-48-40-19-12-10-17-38(40)45(3,4)42(48)29-25-35-23-24-36(44(35)47(7)56(51,52)37-27-21-34(2)22-28-37)26-30-43-46(5,6)39-18-11-13-20-41(39)49(43)32-15-16-33-55-54-53-50/h10-13,17-22,25-30H,8-9,14-16,23-24,31-33H2,1-7H3/p+1. The summed E-state index contributed by atoms with van der Waals surface area (Å²) in [5.41, 5.74) is 10.7. The molecule has 0 spiro atoms. The molecule has 2 heterocycles. The van der Waals surface area contributed by atoms with Crippen molar-refractivity contribution in [3.05, 3.63) is 136 Å². The highest BCUT2D eigenvalue weighted by molar-refractivity contribution is 7.94. The fraction of sp³-hybridized carbons (Fsp3) is 0.413. The van der Waals surface area contributed by atoms with Crippen molar-refractivity contribution in [3.63, 3.8) is 0 Å². The summed E-state index contributed by atoms with van der Waals surface area (Å²) in [5, 5.41) is 12.2. The van der Waals surface area contributed by atoms with Gasteiger partial charge in [-0.25, -0.2) is 5.26 Å². The van der Waals surface area contributed by atoms with Crippen LogP contribution in [-0.2, 0) is 30.2 Å². The van der Waals surface area contributed by atoms with Crippen molar-refractivity contribution in [3.8, 4) is 0 Å². The van der Waals surface area contributed by atoms with Crippen molar-refractivity contribution in [1.82, 2.24) is 0 Å². The van der Waals surface area contributed by atoms with E-state index in [-0.39, 0.29) is 15.7 Å². The van der Waals surface area contributed by atoms with Gasteiger partial charge in [-0.2, -0.15) is 8.42 Å². The second-order valence-electron chi connectivity index (χ2n) is 16.1. The molecule has 0 atom stereocenters. The second-order valence-corrected chi connectivity index (χ2v) is 18.8. The zero-order valence-electron chi connectivity index (χ0n) is 34.0. The molecule has 1 fully saturated rings. The monoisotopic (exact) mass is 796 g/mol. The lowest BCUT2D eigenvalue weighted by Crippen LogP contribution is -2.27. The fourth-order valence-corrected chi connectivity index (χ4v) is 10.3. The summed E-state index contributed by atoms with van der Waals surface area (Å²) in [6.07, 6.45) is 15.5. The van der Waals surface area contributed by atoms with Crippen molar-refractivity contribution in [2.24, 2.45) is 0 Å². The number of aryl methyl sites for hydroxylation is 1. The Kier molecular flexibility index (Phi) is 13.2. The number of benzene rings is 3. The number of hydrogen-bond donors (Lipinski definition) is 1. The van der Waals surface area contributed by atoms with Gasteiger partial charge in [-0.3, -0.25) is 0 Å². The van der Waals surface area contributed by atoms with E-state index in [4.69, 9.17) is 5.26 Å². The summed E-state index contributed by atoms with van der Waals surface area (Å²) < 4.78 is 34.9. The van der Waals surface area contributed by atoms with Crippen LogP contribution in [0.1, 0.15) is 96.3 Å². The van der Waals surface area contributed by atoms with Crippen LogP contribution in [0, 0.1) is 6.92 Å². The molecule has 0 saturated heterocycles. The Morgan fingerprint density at radius 1 is 0.750 bits per heavy atom. The lowest BCUT2D eigenvalue weighted by Gasteiger charge is -2.27. The number of para-hydroxylation sites is 2. The van der Waals surface area contributed by atoms with Crippen LogP contribution in [0.5, 0.6) is 0 Å². The average Bonchev–Trinajstić information content (AvgIpc) is 3.76. The summed E-state index contributed by atoms with van der Waals surface area (Å²) >= 11 is 1.08. The van der Waals surface area contributed by atoms with Gasteiger partial charge in [0.1, 0.15) is 4.90 Å². The third-order valence-electron chi connectivity index (χ3n) is 11.7. The SMILES string of the molecule is CCCCCN1/C(=C/C=C2CCC(=CC=C3N(CCCCSOOO)c4ccccc4C3(C)C)C2=[N+](C)S(=O)(=O)c2ccc(C)cc2)C(C)(C)c2ccccc21. The van der Waals surface area contributed by atoms with Crippen LogP contribution < -0.4 is 9.80 Å². The second kappa shape index (κ2) is 17.7. The maximum Gasteiger partial charge on any atom is 0.395 e. The molecule has 3 aromatic carbocycles. The number of sulfonamides is 1. The number of nitrogens with zero attached hydrogens (tertiary/aromatic N) is 3. The van der Waals surface area contributed by atoms with Crippen LogP contribution in [-0.4, -0.2) is 49.3 Å². The molecule has 2 aliphatic heterocycles. The lowest BCUT2D eigenvalue weighted by atomic mass is 9.83. The van der Waals surface area contributed by atoms with E-state index in [2.05, 4.69) is 127 Å². The fourth-order valence-electron chi connectivity index (χ4n) is 8.56. The molecule has 0 bridgehead atoms. The third-order valence-corrected chi connectivity index (χ3v) is 14.1. The number of hydrogen-bond acceptors (Lipinski definition) is 8. The Labute approximate surface area is 339 Å². The first-order valence-corrected chi connectivity index (χ1v) is 22.3. The molecular formula is C46H58N3O5S2+. The molecule has 1 aliphatic carbocycles. The highest BCUT2D eigenvalue weighted by Gasteiger charge is 2.42. The Balaban J connectivity index is 1.44. The summed E-state index contributed by atoms with van der Waals surface area (Å²) in [5.74, 6) is 0.688. The summed E-state index contributed by atoms with van der Waals surface area (Å²) in [7, 11) is -2.15. The van der Waals surface area contributed by atoms with Gasteiger partial charge >= 0.3 is 10.0 Å². The van der Waals surface area contributed by atoms with Crippen LogP contribution in [0.4, 0.5) is 11.4 Å². The van der Waals surface area contributed by atoms with Crippen LogP contribution in [0.3, 0.4) is 0 Å². The molecule has 8 nitrogen and oxygen atoms in total. The van der Waals surface area contributed by atoms with Crippen molar-refractivity contribution < 1.29 is 27.0 Å². The first kappa shape index (κ1) is 41.7. The van der Waals surface area contributed by atoms with Crippen molar-refractivity contribution in [1.29, 1.82) is 0 Å². The summed E-state index contributed by atoms with van der Waals surface area (Å²) in [4.78, 5) is 5.16. The Bertz CT molecular complexity index is 2160. The number of unbranched alkanes of at least 4 members (excludes halogenated alkanes) is 3. The molecule has 6 rings (SSSR count). The van der Waals surface area contributed by atoms with Gasteiger partial charge in [0.15, 0.2) is 7.05 Å². The van der Waals surface area contributed by atoms with Crippen LogP contribution in [0.25, 0.3) is 0 Å². The summed E-state index contributed by atoms with van der Waals surface area (Å²) in [6, 6.07) is 24.4. The minimum atomic E-state index is -3.86. The van der Waals surface area contributed by atoms with E-state index in [1.54, 1.807) is 19.2 Å². The van der Waals surface area contributed by atoms with Crippen LogP contribution in [0.15, 0.2) is 125 Å². The van der Waals surface area contributed by atoms with Crippen LogP contribution >= 0.6 is 12.0 Å². The van der Waals surface area contributed by atoms with Gasteiger partial charge in [-0.05, 0) is 86.6 Å². The topological polar surface area (TPSA) is 82.3 Å². The predicted octanol–water partition coefficient (Wildman–Crippen LogP) is 10.8. The molecule has 1 saturated carbocycles. The molecule has 3 aliphatic rings. The van der Waals surface area contributed by atoms with Crippen molar-refractivity contribution in [2.75, 3.05) is 35.7 Å². The maximum atomic E-state index is 14.4. The van der Waals surface area contributed by atoms with Gasteiger partial charge in [0.05, 0.1) is 0 Å². The van der Waals surface area contributed by atoms with Crippen molar-refractivity contribution in [2.45, 2.75) is 102 Å². The molecule has 56 heavy (non-hydrogen) atoms. The Morgan fingerprint density at radius 2 is 1.25 bits per heavy atom. The highest BCUT2D eigenvalue weighted by Crippen LogP contribution is 2.49. The molecule has 298 valence electrons.